The molecule has 86 valence electrons. The van der Waals surface area contributed by atoms with Gasteiger partial charge in [0.25, 0.3) is 0 Å². The van der Waals surface area contributed by atoms with Crippen LogP contribution in [0.1, 0.15) is 23.5 Å². The van der Waals surface area contributed by atoms with Crippen LogP contribution in [-0.4, -0.2) is 24.1 Å². The minimum Gasteiger partial charge on any atom is -0.465 e. The molecular weight excluding hydrogens is 228 g/mol. The van der Waals surface area contributed by atoms with Gasteiger partial charge in [-0.15, -0.1) is 11.3 Å². The Balaban J connectivity index is 2.91. The Kier molecular flexibility index (Phi) is 4.37. The highest BCUT2D eigenvalue weighted by atomic mass is 32.1. The Morgan fingerprint density at radius 2 is 2.12 bits per heavy atom. The van der Waals surface area contributed by atoms with Gasteiger partial charge in [-0.3, -0.25) is 14.4 Å². The van der Waals surface area contributed by atoms with Gasteiger partial charge in [0.15, 0.2) is 17.5 Å². The van der Waals surface area contributed by atoms with Gasteiger partial charge in [-0.1, -0.05) is 6.07 Å². The van der Waals surface area contributed by atoms with Crippen molar-refractivity contribution in [3.05, 3.63) is 22.4 Å². The fourth-order valence-electron chi connectivity index (χ4n) is 1.24. The van der Waals surface area contributed by atoms with Crippen LogP contribution >= 0.6 is 11.3 Å². The predicted octanol–water partition coefficient (Wildman–Crippen LogP) is 1.70. The van der Waals surface area contributed by atoms with Crippen LogP contribution in [-0.2, 0) is 14.3 Å². The van der Waals surface area contributed by atoms with Crippen LogP contribution < -0.4 is 0 Å². The lowest BCUT2D eigenvalue weighted by Crippen LogP contribution is -2.31. The molecule has 1 atom stereocenters. The minimum atomic E-state index is -1.32. The van der Waals surface area contributed by atoms with Gasteiger partial charge in [0, 0.05) is 0 Å². The molecule has 0 N–H and O–H groups in total. The SMILES string of the molecule is CCOC(=O)[C@H](C(C)=O)C(=O)c1cccs1. The second-order valence-corrected chi connectivity index (χ2v) is 4.08. The zero-order chi connectivity index (χ0) is 12.1. The van der Waals surface area contributed by atoms with E-state index in [1.807, 2.05) is 0 Å². The molecule has 4 nitrogen and oxygen atoms in total. The molecule has 0 unspecified atom stereocenters. The van der Waals surface area contributed by atoms with Crippen molar-refractivity contribution in [2.24, 2.45) is 5.92 Å². The van der Waals surface area contributed by atoms with Crippen molar-refractivity contribution in [1.29, 1.82) is 0 Å². The molecule has 0 radical (unpaired) electrons. The average Bonchev–Trinajstić information content (AvgIpc) is 2.70. The van der Waals surface area contributed by atoms with Crippen molar-refractivity contribution < 1.29 is 19.1 Å². The van der Waals surface area contributed by atoms with E-state index in [0.29, 0.717) is 4.88 Å². The van der Waals surface area contributed by atoms with Crippen molar-refractivity contribution in [1.82, 2.24) is 0 Å². The third-order valence-electron chi connectivity index (χ3n) is 1.96. The predicted molar refractivity (Wildman–Crippen MR) is 59.5 cm³/mol. The van der Waals surface area contributed by atoms with Gasteiger partial charge in [-0.05, 0) is 25.3 Å². The standard InChI is InChI=1S/C11H12O4S/c1-3-15-11(14)9(7(2)12)10(13)8-5-4-6-16-8/h4-6,9H,3H2,1-2H3/t9-/m1/s1. The quantitative estimate of drug-likeness (QED) is 0.446. The number of ketones is 2. The van der Waals surface area contributed by atoms with E-state index in [1.54, 1.807) is 24.4 Å². The molecule has 0 saturated heterocycles. The Morgan fingerprint density at radius 1 is 1.44 bits per heavy atom. The molecule has 1 heterocycles. The first kappa shape index (κ1) is 12.6. The second kappa shape index (κ2) is 5.55. The number of ether oxygens (including phenoxy) is 1. The normalized spacial score (nSPS) is 11.9. The summed E-state index contributed by atoms with van der Waals surface area (Å²) in [6, 6.07) is 3.28. The van der Waals surface area contributed by atoms with E-state index < -0.39 is 23.5 Å². The fourth-order valence-corrected chi connectivity index (χ4v) is 1.94. The number of esters is 1. The maximum Gasteiger partial charge on any atom is 0.324 e. The highest BCUT2D eigenvalue weighted by Crippen LogP contribution is 2.16. The smallest absolute Gasteiger partial charge is 0.324 e. The molecule has 0 saturated carbocycles. The van der Waals surface area contributed by atoms with Crippen molar-refractivity contribution in [3.63, 3.8) is 0 Å². The van der Waals surface area contributed by atoms with Gasteiger partial charge in [-0.2, -0.15) is 0 Å². The molecular formula is C11H12O4S. The minimum absolute atomic E-state index is 0.153. The number of hydrogen-bond acceptors (Lipinski definition) is 5. The molecule has 0 aliphatic rings. The molecule has 16 heavy (non-hydrogen) atoms. The van der Waals surface area contributed by atoms with Crippen molar-refractivity contribution in [2.45, 2.75) is 13.8 Å². The van der Waals surface area contributed by atoms with Gasteiger partial charge in [0.2, 0.25) is 0 Å². The molecule has 1 aromatic heterocycles. The first-order chi connectivity index (χ1) is 7.57. The summed E-state index contributed by atoms with van der Waals surface area (Å²) in [7, 11) is 0. The van der Waals surface area contributed by atoms with E-state index >= 15 is 0 Å². The van der Waals surface area contributed by atoms with E-state index in [2.05, 4.69) is 0 Å². The Hall–Kier alpha value is -1.49. The van der Waals surface area contributed by atoms with Gasteiger partial charge in [0.05, 0.1) is 11.5 Å². The highest BCUT2D eigenvalue weighted by molar-refractivity contribution is 7.12. The summed E-state index contributed by atoms with van der Waals surface area (Å²) in [6.45, 7) is 3.00. The summed E-state index contributed by atoms with van der Waals surface area (Å²) in [6.07, 6.45) is 0. The molecule has 5 heteroatoms. The van der Waals surface area contributed by atoms with Crippen LogP contribution in [0, 0.1) is 5.92 Å². The first-order valence-electron chi connectivity index (χ1n) is 4.82. The van der Waals surface area contributed by atoms with E-state index in [1.165, 1.54) is 18.3 Å². The first-order valence-corrected chi connectivity index (χ1v) is 5.70. The highest BCUT2D eigenvalue weighted by Gasteiger charge is 2.33. The van der Waals surface area contributed by atoms with E-state index in [0.717, 1.165) is 0 Å². The van der Waals surface area contributed by atoms with E-state index in [-0.39, 0.29) is 6.61 Å². The number of thiophene rings is 1. The van der Waals surface area contributed by atoms with E-state index in [4.69, 9.17) is 4.74 Å². The third-order valence-corrected chi connectivity index (χ3v) is 2.84. The number of hydrogen-bond donors (Lipinski definition) is 0. The maximum atomic E-state index is 11.9. The van der Waals surface area contributed by atoms with E-state index in [9.17, 15) is 14.4 Å². The van der Waals surface area contributed by atoms with Gasteiger partial charge in [0.1, 0.15) is 0 Å². The van der Waals surface area contributed by atoms with Crippen LogP contribution in [0.2, 0.25) is 0 Å². The van der Waals surface area contributed by atoms with Crippen LogP contribution in [0.3, 0.4) is 0 Å². The Morgan fingerprint density at radius 3 is 2.56 bits per heavy atom. The Bertz CT molecular complexity index is 394. The summed E-state index contributed by atoms with van der Waals surface area (Å²) < 4.78 is 4.71. The third kappa shape index (κ3) is 2.76. The van der Waals surface area contributed by atoms with Gasteiger partial charge >= 0.3 is 5.97 Å². The molecule has 0 aliphatic carbocycles. The van der Waals surface area contributed by atoms with Crippen LogP contribution in [0.15, 0.2) is 17.5 Å². The molecule has 0 aliphatic heterocycles. The molecule has 0 aromatic carbocycles. The van der Waals surface area contributed by atoms with Crippen LogP contribution in [0.25, 0.3) is 0 Å². The summed E-state index contributed by atoms with van der Waals surface area (Å²) >= 11 is 1.20. The zero-order valence-corrected chi connectivity index (χ0v) is 9.87. The molecule has 1 rings (SSSR count). The van der Waals surface area contributed by atoms with Crippen LogP contribution in [0.4, 0.5) is 0 Å². The fraction of sp³-hybridized carbons (Fsp3) is 0.364. The maximum absolute atomic E-state index is 11.9. The van der Waals surface area contributed by atoms with Gasteiger partial charge < -0.3 is 4.74 Å². The zero-order valence-electron chi connectivity index (χ0n) is 9.06. The summed E-state index contributed by atoms with van der Waals surface area (Å²) in [5.74, 6) is -3.07. The topological polar surface area (TPSA) is 60.4 Å². The molecule has 1 aromatic rings. The lowest BCUT2D eigenvalue weighted by molar-refractivity contribution is -0.148. The summed E-state index contributed by atoms with van der Waals surface area (Å²) in [5, 5.41) is 1.72. The van der Waals surface area contributed by atoms with Crippen molar-refractivity contribution in [2.75, 3.05) is 6.61 Å². The second-order valence-electron chi connectivity index (χ2n) is 3.14. The molecule has 0 spiro atoms. The number of rotatable bonds is 5. The van der Waals surface area contributed by atoms with Crippen LogP contribution in [0.5, 0.6) is 0 Å². The lowest BCUT2D eigenvalue weighted by Gasteiger charge is -2.10. The number of carbonyl (C=O) groups excluding carboxylic acids is 3. The summed E-state index contributed by atoms with van der Waals surface area (Å²) in [4.78, 5) is 35.0. The largest absolute Gasteiger partial charge is 0.465 e. The monoisotopic (exact) mass is 240 g/mol. The van der Waals surface area contributed by atoms with Crippen molar-refractivity contribution >= 4 is 28.9 Å². The molecule has 0 amide bonds. The Labute approximate surface area is 97.2 Å². The number of carbonyl (C=O) groups is 3. The summed E-state index contributed by atoms with van der Waals surface area (Å²) in [5.41, 5.74) is 0. The average molecular weight is 240 g/mol. The number of Topliss-reactive ketones (excluding diaryl/α,β-unsaturated/α-hetero) is 2. The van der Waals surface area contributed by atoms with Crippen molar-refractivity contribution in [3.8, 4) is 0 Å². The molecule has 0 fully saturated rings. The lowest BCUT2D eigenvalue weighted by atomic mass is 9.99. The van der Waals surface area contributed by atoms with Gasteiger partial charge in [-0.25, -0.2) is 0 Å². The molecule has 0 bridgehead atoms.